The smallest absolute Gasteiger partial charge is 0.325 e. The highest BCUT2D eigenvalue weighted by atomic mass is 32.2. The molecule has 0 saturated heterocycles. The lowest BCUT2D eigenvalue weighted by Crippen LogP contribution is -2.20. The monoisotopic (exact) mass is 243 g/mol. The number of carboxylic acid groups (broad SMARTS) is 1. The van der Waals surface area contributed by atoms with Crippen molar-refractivity contribution in [2.45, 2.75) is 11.8 Å². The summed E-state index contributed by atoms with van der Waals surface area (Å²) in [5.41, 5.74) is 6.36. The summed E-state index contributed by atoms with van der Waals surface area (Å²) < 4.78 is 22.1. The summed E-state index contributed by atoms with van der Waals surface area (Å²) in [7, 11) is -3.13. The molecule has 0 heterocycles. The standard InChI is InChI=1S/C10H13NO4S/c1-16(14,15)6-7-3-2-4-8(5-7)9(11)10(12)13/h2-5,9H,6,11H2,1H3,(H,12,13). The third-order valence-electron chi connectivity index (χ3n) is 2.01. The Labute approximate surface area is 93.8 Å². The molecule has 5 nitrogen and oxygen atoms in total. The van der Waals surface area contributed by atoms with Gasteiger partial charge in [0.15, 0.2) is 9.84 Å². The van der Waals surface area contributed by atoms with Gasteiger partial charge in [0, 0.05) is 6.26 Å². The number of hydrogen-bond donors (Lipinski definition) is 2. The van der Waals surface area contributed by atoms with Crippen LogP contribution in [-0.2, 0) is 20.4 Å². The minimum atomic E-state index is -3.13. The topological polar surface area (TPSA) is 97.5 Å². The highest BCUT2D eigenvalue weighted by molar-refractivity contribution is 7.89. The fraction of sp³-hybridized carbons (Fsp3) is 0.300. The molecule has 0 aromatic heterocycles. The average molecular weight is 243 g/mol. The average Bonchev–Trinajstić information content (AvgIpc) is 2.14. The van der Waals surface area contributed by atoms with Crippen LogP contribution in [0.3, 0.4) is 0 Å². The van der Waals surface area contributed by atoms with E-state index in [1.54, 1.807) is 18.2 Å². The molecule has 0 fully saturated rings. The Kier molecular flexibility index (Phi) is 3.66. The molecule has 6 heteroatoms. The van der Waals surface area contributed by atoms with E-state index in [1.807, 2.05) is 0 Å². The number of hydrogen-bond acceptors (Lipinski definition) is 4. The van der Waals surface area contributed by atoms with Gasteiger partial charge in [-0.3, -0.25) is 4.79 Å². The molecule has 0 radical (unpaired) electrons. The van der Waals surface area contributed by atoms with Gasteiger partial charge in [0.05, 0.1) is 5.75 Å². The molecular weight excluding hydrogens is 230 g/mol. The van der Waals surface area contributed by atoms with Gasteiger partial charge in [0.1, 0.15) is 6.04 Å². The third-order valence-corrected chi connectivity index (χ3v) is 2.86. The zero-order chi connectivity index (χ0) is 12.3. The number of benzene rings is 1. The molecule has 16 heavy (non-hydrogen) atoms. The number of sulfone groups is 1. The number of carbonyl (C=O) groups is 1. The maximum absolute atomic E-state index is 11.1. The number of aliphatic carboxylic acids is 1. The van der Waals surface area contributed by atoms with E-state index in [0.29, 0.717) is 11.1 Å². The Morgan fingerprint density at radius 1 is 1.50 bits per heavy atom. The number of carboxylic acids is 1. The Hall–Kier alpha value is -1.40. The quantitative estimate of drug-likeness (QED) is 0.793. The van der Waals surface area contributed by atoms with Gasteiger partial charge in [-0.1, -0.05) is 24.3 Å². The second-order valence-corrected chi connectivity index (χ2v) is 5.77. The molecule has 1 unspecified atom stereocenters. The Morgan fingerprint density at radius 2 is 2.12 bits per heavy atom. The molecule has 1 atom stereocenters. The lowest BCUT2D eigenvalue weighted by atomic mass is 10.1. The van der Waals surface area contributed by atoms with Crippen LogP contribution in [0.15, 0.2) is 24.3 Å². The van der Waals surface area contributed by atoms with E-state index in [0.717, 1.165) is 6.26 Å². The van der Waals surface area contributed by atoms with Crippen LogP contribution < -0.4 is 5.73 Å². The molecule has 1 aromatic rings. The van der Waals surface area contributed by atoms with Gasteiger partial charge in [-0.05, 0) is 11.1 Å². The highest BCUT2D eigenvalue weighted by Crippen LogP contribution is 2.14. The highest BCUT2D eigenvalue weighted by Gasteiger charge is 2.15. The molecule has 1 rings (SSSR count). The SMILES string of the molecule is CS(=O)(=O)Cc1cccc(C(N)C(=O)O)c1. The van der Waals surface area contributed by atoms with Crippen molar-refractivity contribution in [3.63, 3.8) is 0 Å². The first kappa shape index (κ1) is 12.7. The Balaban J connectivity index is 3.00. The first-order valence-corrected chi connectivity index (χ1v) is 6.60. The van der Waals surface area contributed by atoms with Gasteiger partial charge < -0.3 is 10.8 Å². The summed E-state index contributed by atoms with van der Waals surface area (Å²) in [5, 5.41) is 8.72. The summed E-state index contributed by atoms with van der Waals surface area (Å²) in [5.74, 6) is -1.26. The largest absolute Gasteiger partial charge is 0.480 e. The van der Waals surface area contributed by atoms with Crippen molar-refractivity contribution in [3.8, 4) is 0 Å². The van der Waals surface area contributed by atoms with Gasteiger partial charge in [-0.2, -0.15) is 0 Å². The molecule has 88 valence electrons. The van der Waals surface area contributed by atoms with Gasteiger partial charge in [-0.25, -0.2) is 8.42 Å². The summed E-state index contributed by atoms with van der Waals surface area (Å²) in [4.78, 5) is 10.7. The molecule has 0 aliphatic rings. The summed E-state index contributed by atoms with van der Waals surface area (Å²) in [6, 6.07) is 5.15. The van der Waals surface area contributed by atoms with E-state index in [4.69, 9.17) is 10.8 Å². The van der Waals surface area contributed by atoms with Gasteiger partial charge in [0.2, 0.25) is 0 Å². The van der Waals surface area contributed by atoms with Crippen LogP contribution in [0.25, 0.3) is 0 Å². The lowest BCUT2D eigenvalue weighted by Gasteiger charge is -2.08. The third kappa shape index (κ3) is 3.63. The summed E-state index contributed by atoms with van der Waals surface area (Å²) in [6.45, 7) is 0. The summed E-state index contributed by atoms with van der Waals surface area (Å²) in [6.07, 6.45) is 1.12. The first-order valence-electron chi connectivity index (χ1n) is 4.54. The molecule has 1 aromatic carbocycles. The zero-order valence-electron chi connectivity index (χ0n) is 8.75. The molecular formula is C10H13NO4S. The zero-order valence-corrected chi connectivity index (χ0v) is 9.57. The molecule has 0 bridgehead atoms. The van der Waals surface area contributed by atoms with Crippen molar-refractivity contribution in [1.29, 1.82) is 0 Å². The van der Waals surface area contributed by atoms with Crippen molar-refractivity contribution in [1.82, 2.24) is 0 Å². The maximum Gasteiger partial charge on any atom is 0.325 e. The number of rotatable bonds is 4. The van der Waals surface area contributed by atoms with E-state index in [-0.39, 0.29) is 5.75 Å². The van der Waals surface area contributed by atoms with Crippen molar-refractivity contribution in [2.24, 2.45) is 5.73 Å². The second-order valence-electron chi connectivity index (χ2n) is 3.63. The normalized spacial score (nSPS) is 13.4. The van der Waals surface area contributed by atoms with Crippen molar-refractivity contribution in [2.75, 3.05) is 6.26 Å². The van der Waals surface area contributed by atoms with Crippen LogP contribution >= 0.6 is 0 Å². The maximum atomic E-state index is 11.1. The minimum Gasteiger partial charge on any atom is -0.480 e. The second kappa shape index (κ2) is 4.63. The van der Waals surface area contributed by atoms with Crippen LogP contribution in [0.5, 0.6) is 0 Å². The van der Waals surface area contributed by atoms with Gasteiger partial charge in [-0.15, -0.1) is 0 Å². The predicted molar refractivity (Wildman–Crippen MR) is 59.6 cm³/mol. The van der Waals surface area contributed by atoms with Crippen LogP contribution in [0.1, 0.15) is 17.2 Å². The number of nitrogens with two attached hydrogens (primary N) is 1. The van der Waals surface area contributed by atoms with Crippen LogP contribution in [0.4, 0.5) is 0 Å². The van der Waals surface area contributed by atoms with Gasteiger partial charge in [0.25, 0.3) is 0 Å². The van der Waals surface area contributed by atoms with Crippen LogP contribution in [-0.4, -0.2) is 25.7 Å². The minimum absolute atomic E-state index is 0.118. The molecule has 0 spiro atoms. The fourth-order valence-corrected chi connectivity index (χ4v) is 2.11. The molecule has 0 aliphatic carbocycles. The molecule has 0 amide bonds. The Morgan fingerprint density at radius 3 is 2.62 bits per heavy atom. The predicted octanol–water partition coefficient (Wildman–Crippen LogP) is 0.316. The van der Waals surface area contributed by atoms with E-state index in [1.165, 1.54) is 6.07 Å². The fourth-order valence-electron chi connectivity index (χ4n) is 1.32. The van der Waals surface area contributed by atoms with E-state index in [2.05, 4.69) is 0 Å². The van der Waals surface area contributed by atoms with Crippen molar-refractivity contribution < 1.29 is 18.3 Å². The lowest BCUT2D eigenvalue weighted by molar-refractivity contribution is -0.138. The van der Waals surface area contributed by atoms with E-state index < -0.39 is 21.8 Å². The van der Waals surface area contributed by atoms with Crippen LogP contribution in [0, 0.1) is 0 Å². The van der Waals surface area contributed by atoms with Crippen LogP contribution in [0.2, 0.25) is 0 Å². The first-order chi connectivity index (χ1) is 7.29. The Bertz CT molecular complexity index is 495. The van der Waals surface area contributed by atoms with Crippen molar-refractivity contribution in [3.05, 3.63) is 35.4 Å². The molecule has 0 aliphatic heterocycles. The van der Waals surface area contributed by atoms with E-state index in [9.17, 15) is 13.2 Å². The van der Waals surface area contributed by atoms with E-state index >= 15 is 0 Å². The molecule has 3 N–H and O–H groups in total. The molecule has 0 saturated carbocycles. The summed E-state index contributed by atoms with van der Waals surface area (Å²) >= 11 is 0. The van der Waals surface area contributed by atoms with Crippen molar-refractivity contribution >= 4 is 15.8 Å². The van der Waals surface area contributed by atoms with Gasteiger partial charge >= 0.3 is 5.97 Å².